The lowest BCUT2D eigenvalue weighted by Gasteiger charge is -2.19. The molecule has 10 nitrogen and oxygen atoms in total. The van der Waals surface area contributed by atoms with Gasteiger partial charge in [-0.2, -0.15) is 15.1 Å². The van der Waals surface area contributed by atoms with Crippen LogP contribution in [-0.2, 0) is 0 Å². The molecule has 7 N–H and O–H groups in total. The Bertz CT molecular complexity index is 1080. The van der Waals surface area contributed by atoms with Crippen molar-refractivity contribution in [1.29, 1.82) is 0 Å². The third-order valence-corrected chi connectivity index (χ3v) is 5.54. The van der Waals surface area contributed by atoms with Crippen molar-refractivity contribution in [1.82, 2.24) is 20.2 Å². The molecule has 0 amide bonds. The van der Waals surface area contributed by atoms with Crippen LogP contribution < -0.4 is 16.0 Å². The predicted molar refractivity (Wildman–Crippen MR) is 122 cm³/mol. The molecule has 0 spiro atoms. The summed E-state index contributed by atoms with van der Waals surface area (Å²) in [6.45, 7) is -0.724. The third-order valence-electron chi connectivity index (χ3n) is 5.19. The van der Waals surface area contributed by atoms with E-state index in [9.17, 15) is 14.6 Å². The number of aromatic amines is 1. The summed E-state index contributed by atoms with van der Waals surface area (Å²) in [5.41, 5.74) is 1.67. The van der Waals surface area contributed by atoms with Crippen molar-refractivity contribution in [2.24, 2.45) is 0 Å². The number of aliphatic hydroxyl groups is 3. The molecule has 176 valence electrons. The summed E-state index contributed by atoms with van der Waals surface area (Å²) in [6.07, 6.45) is 1.23. The molecule has 1 aromatic carbocycles. The van der Waals surface area contributed by atoms with E-state index in [1.54, 1.807) is 12.1 Å². The van der Waals surface area contributed by atoms with Gasteiger partial charge in [-0.1, -0.05) is 23.7 Å². The first-order valence-corrected chi connectivity index (χ1v) is 10.9. The van der Waals surface area contributed by atoms with Crippen LogP contribution in [0.3, 0.4) is 0 Å². The highest BCUT2D eigenvalue weighted by atomic mass is 35.5. The number of aliphatic hydroxyl groups excluding tert-OH is 3. The molecule has 3 aromatic rings. The molecule has 2 atom stereocenters. The van der Waals surface area contributed by atoms with E-state index in [1.807, 2.05) is 6.07 Å². The van der Waals surface area contributed by atoms with Gasteiger partial charge in [-0.05, 0) is 30.5 Å². The van der Waals surface area contributed by atoms with Crippen LogP contribution in [-0.4, -0.2) is 61.3 Å². The van der Waals surface area contributed by atoms with Crippen LogP contribution in [0, 0.1) is 5.82 Å². The van der Waals surface area contributed by atoms with Gasteiger partial charge in [0, 0.05) is 24.2 Å². The Balaban J connectivity index is 1.60. The number of benzene rings is 1. The maximum atomic E-state index is 13.3. The highest BCUT2D eigenvalue weighted by molar-refractivity contribution is 6.35. The van der Waals surface area contributed by atoms with Crippen molar-refractivity contribution in [2.75, 3.05) is 35.7 Å². The molecule has 0 saturated heterocycles. The zero-order valence-electron chi connectivity index (χ0n) is 17.6. The third kappa shape index (κ3) is 5.88. The molecule has 0 bridgehead atoms. The Hall–Kier alpha value is -2.99. The molecule has 33 heavy (non-hydrogen) atoms. The van der Waals surface area contributed by atoms with Gasteiger partial charge in [-0.15, -0.1) is 0 Å². The van der Waals surface area contributed by atoms with Gasteiger partial charge >= 0.3 is 0 Å². The van der Waals surface area contributed by atoms with E-state index in [1.165, 1.54) is 12.1 Å². The second-order valence-corrected chi connectivity index (χ2v) is 8.19. The Kier molecular flexibility index (Phi) is 7.23. The Morgan fingerprint density at radius 2 is 1.85 bits per heavy atom. The molecule has 1 fully saturated rings. The van der Waals surface area contributed by atoms with E-state index >= 15 is 0 Å². The zero-order chi connectivity index (χ0) is 23.4. The topological polar surface area (TPSA) is 151 Å². The lowest BCUT2D eigenvalue weighted by atomic mass is 10.1. The number of halogens is 2. The summed E-state index contributed by atoms with van der Waals surface area (Å²) in [4.78, 5) is 8.76. The van der Waals surface area contributed by atoms with Gasteiger partial charge in [0.1, 0.15) is 10.8 Å². The standard InChI is InChI=1S/C21H25ClFN7O3/c22-18-19(24-8-14(33)9-31)27-21(25-16(10-32)12-3-5-13(23)6-4-12)28-20(18)26-17-7-15(29-30-17)11-1-2-11/h3-7,11,14,16,31-33H,1-2,8-10H2,(H4,24,25,26,27,28,29,30)/t14-,16-/m0/s1. The number of nitrogens with one attached hydrogen (secondary N) is 4. The Morgan fingerprint density at radius 3 is 2.52 bits per heavy atom. The minimum atomic E-state index is -1.01. The summed E-state index contributed by atoms with van der Waals surface area (Å²) in [7, 11) is 0. The Morgan fingerprint density at radius 1 is 1.12 bits per heavy atom. The SMILES string of the molecule is OC[C@@H](O)CNc1nc(N[C@@H](CO)c2ccc(F)cc2)nc(Nc2cc(C3CC3)[nH]n2)c1Cl. The predicted octanol–water partition coefficient (Wildman–Crippen LogP) is 2.52. The molecule has 0 unspecified atom stereocenters. The van der Waals surface area contributed by atoms with Gasteiger partial charge in [0.25, 0.3) is 0 Å². The number of hydrogen-bond acceptors (Lipinski definition) is 9. The fourth-order valence-electron chi connectivity index (χ4n) is 3.20. The molecule has 1 saturated carbocycles. The van der Waals surface area contributed by atoms with Crippen LogP contribution in [0.15, 0.2) is 30.3 Å². The lowest BCUT2D eigenvalue weighted by Crippen LogP contribution is -2.24. The average molecular weight is 478 g/mol. The van der Waals surface area contributed by atoms with Gasteiger partial charge in [-0.25, -0.2) is 4.39 Å². The van der Waals surface area contributed by atoms with Crippen LogP contribution >= 0.6 is 11.6 Å². The van der Waals surface area contributed by atoms with Crippen molar-refractivity contribution < 1.29 is 19.7 Å². The number of nitrogens with zero attached hydrogens (tertiary/aromatic N) is 3. The molecule has 2 heterocycles. The summed E-state index contributed by atoms with van der Waals surface area (Å²) in [6, 6.07) is 6.99. The van der Waals surface area contributed by atoms with Crippen LogP contribution in [0.25, 0.3) is 0 Å². The monoisotopic (exact) mass is 477 g/mol. The van der Waals surface area contributed by atoms with Crippen molar-refractivity contribution in [3.05, 3.63) is 52.4 Å². The quantitative estimate of drug-likeness (QED) is 0.221. The average Bonchev–Trinajstić information content (AvgIpc) is 3.57. The number of rotatable bonds is 11. The van der Waals surface area contributed by atoms with Crippen LogP contribution in [0.2, 0.25) is 5.02 Å². The summed E-state index contributed by atoms with van der Waals surface area (Å²) >= 11 is 6.49. The molecule has 0 radical (unpaired) electrons. The molecule has 4 rings (SSSR count). The smallest absolute Gasteiger partial charge is 0.227 e. The zero-order valence-corrected chi connectivity index (χ0v) is 18.3. The number of anilines is 4. The Labute approximate surface area is 194 Å². The van der Waals surface area contributed by atoms with E-state index in [0.717, 1.165) is 18.5 Å². The van der Waals surface area contributed by atoms with Gasteiger partial charge < -0.3 is 31.3 Å². The first-order valence-electron chi connectivity index (χ1n) is 10.5. The van der Waals surface area contributed by atoms with Gasteiger partial charge in [0.2, 0.25) is 5.95 Å². The fourth-order valence-corrected chi connectivity index (χ4v) is 3.40. The normalized spacial score (nSPS) is 15.2. The second-order valence-electron chi connectivity index (χ2n) is 7.81. The molecule has 2 aromatic heterocycles. The molecule has 1 aliphatic carbocycles. The van der Waals surface area contributed by atoms with Gasteiger partial charge in [0.05, 0.1) is 25.4 Å². The van der Waals surface area contributed by atoms with E-state index < -0.39 is 18.8 Å². The highest BCUT2D eigenvalue weighted by Gasteiger charge is 2.26. The lowest BCUT2D eigenvalue weighted by molar-refractivity contribution is 0.105. The maximum Gasteiger partial charge on any atom is 0.227 e. The van der Waals surface area contributed by atoms with Crippen LogP contribution in [0.4, 0.5) is 27.8 Å². The fraction of sp³-hybridized carbons (Fsp3) is 0.381. The maximum absolute atomic E-state index is 13.3. The van der Waals surface area contributed by atoms with Crippen LogP contribution in [0.5, 0.6) is 0 Å². The van der Waals surface area contributed by atoms with Crippen molar-refractivity contribution in [3.8, 4) is 0 Å². The largest absolute Gasteiger partial charge is 0.394 e. The van der Waals surface area contributed by atoms with E-state index in [-0.39, 0.29) is 41.6 Å². The van der Waals surface area contributed by atoms with E-state index in [0.29, 0.717) is 17.3 Å². The first kappa shape index (κ1) is 23.2. The first-order chi connectivity index (χ1) is 16.0. The second kappa shape index (κ2) is 10.3. The molecular weight excluding hydrogens is 453 g/mol. The van der Waals surface area contributed by atoms with E-state index in [4.69, 9.17) is 16.7 Å². The van der Waals surface area contributed by atoms with Crippen molar-refractivity contribution >= 4 is 35.0 Å². The molecule has 0 aliphatic heterocycles. The minimum absolute atomic E-state index is 0.00172. The minimum Gasteiger partial charge on any atom is -0.394 e. The molecule has 1 aliphatic rings. The summed E-state index contributed by atoms with van der Waals surface area (Å²) < 4.78 is 13.3. The number of aromatic nitrogens is 4. The highest BCUT2D eigenvalue weighted by Crippen LogP contribution is 2.40. The number of H-pyrrole nitrogens is 1. The van der Waals surface area contributed by atoms with Crippen molar-refractivity contribution in [3.63, 3.8) is 0 Å². The molecule has 12 heteroatoms. The summed E-state index contributed by atoms with van der Waals surface area (Å²) in [5.74, 6) is 1.22. The summed E-state index contributed by atoms with van der Waals surface area (Å²) in [5, 5.41) is 45.0. The van der Waals surface area contributed by atoms with E-state index in [2.05, 4.69) is 36.1 Å². The molecular formula is C21H25ClFN7O3. The van der Waals surface area contributed by atoms with Gasteiger partial charge in [0.15, 0.2) is 17.5 Å². The number of hydrogen-bond donors (Lipinski definition) is 7. The van der Waals surface area contributed by atoms with Crippen molar-refractivity contribution in [2.45, 2.75) is 30.9 Å². The van der Waals surface area contributed by atoms with Gasteiger partial charge in [-0.3, -0.25) is 5.10 Å². The van der Waals surface area contributed by atoms with Crippen LogP contribution in [0.1, 0.15) is 36.1 Å².